The molecular formula is C19H16F6. The second kappa shape index (κ2) is 6.39. The van der Waals surface area contributed by atoms with Crippen molar-refractivity contribution < 1.29 is 26.3 Å². The normalized spacial score (nSPS) is 16.7. The third-order valence-electron chi connectivity index (χ3n) is 4.48. The Morgan fingerprint density at radius 2 is 1.48 bits per heavy atom. The summed E-state index contributed by atoms with van der Waals surface area (Å²) in [6.45, 7) is 0. The Morgan fingerprint density at radius 1 is 0.840 bits per heavy atom. The lowest BCUT2D eigenvalue weighted by molar-refractivity contribution is -0.151. The number of hydrogen-bond acceptors (Lipinski definition) is 0. The van der Waals surface area contributed by atoms with Crippen molar-refractivity contribution in [3.63, 3.8) is 0 Å². The molecule has 0 radical (unpaired) electrons. The summed E-state index contributed by atoms with van der Waals surface area (Å²) in [4.78, 5) is 0. The van der Waals surface area contributed by atoms with Crippen LogP contribution in [0.5, 0.6) is 0 Å². The van der Waals surface area contributed by atoms with Crippen molar-refractivity contribution >= 4 is 0 Å². The van der Waals surface area contributed by atoms with Gasteiger partial charge in [0, 0.05) is 0 Å². The number of hydrogen-bond donors (Lipinski definition) is 0. The molecule has 0 nitrogen and oxygen atoms in total. The molecule has 3 rings (SSSR count). The van der Waals surface area contributed by atoms with Crippen molar-refractivity contribution in [1.29, 1.82) is 0 Å². The lowest BCUT2D eigenvalue weighted by Crippen LogP contribution is -2.25. The summed E-state index contributed by atoms with van der Waals surface area (Å²) in [5, 5.41) is 0. The minimum absolute atomic E-state index is 0.173. The maximum atomic E-state index is 13.7. The molecular weight excluding hydrogens is 342 g/mol. The van der Waals surface area contributed by atoms with E-state index in [4.69, 9.17) is 0 Å². The van der Waals surface area contributed by atoms with Gasteiger partial charge < -0.3 is 0 Å². The first kappa shape index (κ1) is 17.8. The third-order valence-corrected chi connectivity index (χ3v) is 4.48. The van der Waals surface area contributed by atoms with Gasteiger partial charge in [-0.15, -0.1) is 0 Å². The summed E-state index contributed by atoms with van der Waals surface area (Å²) >= 11 is 0. The molecule has 2 aromatic rings. The van der Waals surface area contributed by atoms with Gasteiger partial charge in [0.25, 0.3) is 0 Å². The Morgan fingerprint density at radius 3 is 2.00 bits per heavy atom. The van der Waals surface area contributed by atoms with Gasteiger partial charge in [0.05, 0.1) is 11.5 Å². The first-order valence-corrected chi connectivity index (χ1v) is 7.98. The van der Waals surface area contributed by atoms with Crippen LogP contribution in [0.4, 0.5) is 26.3 Å². The van der Waals surface area contributed by atoms with Crippen LogP contribution < -0.4 is 0 Å². The van der Waals surface area contributed by atoms with Gasteiger partial charge in [-0.2, -0.15) is 26.3 Å². The molecule has 1 unspecified atom stereocenters. The predicted octanol–water partition coefficient (Wildman–Crippen LogP) is 6.47. The topological polar surface area (TPSA) is 0 Å². The fraction of sp³-hybridized carbons (Fsp3) is 0.368. The highest BCUT2D eigenvalue weighted by molar-refractivity contribution is 5.45. The van der Waals surface area contributed by atoms with Crippen LogP contribution in [-0.4, -0.2) is 6.18 Å². The van der Waals surface area contributed by atoms with Crippen LogP contribution in [0.25, 0.3) is 0 Å². The highest BCUT2D eigenvalue weighted by Crippen LogP contribution is 2.51. The number of halogens is 6. The van der Waals surface area contributed by atoms with Crippen LogP contribution in [-0.2, 0) is 12.6 Å². The molecule has 0 amide bonds. The SMILES string of the molecule is FC(F)(F)c1cccc(C(Cc2ccccc2)C(F)(F)F)c1C1CC1. The van der Waals surface area contributed by atoms with Crippen molar-refractivity contribution in [2.75, 3.05) is 0 Å². The van der Waals surface area contributed by atoms with Crippen LogP contribution in [0, 0.1) is 0 Å². The molecule has 0 aliphatic heterocycles. The van der Waals surface area contributed by atoms with Crippen LogP contribution in [0.15, 0.2) is 48.5 Å². The summed E-state index contributed by atoms with van der Waals surface area (Å²) in [5.41, 5.74) is -0.902. The van der Waals surface area contributed by atoms with Crippen LogP contribution in [0.2, 0.25) is 0 Å². The Bertz CT molecular complexity index is 726. The molecule has 1 fully saturated rings. The second-order valence-corrected chi connectivity index (χ2v) is 6.36. The summed E-state index contributed by atoms with van der Waals surface area (Å²) in [5.74, 6) is -2.39. The Kier molecular flexibility index (Phi) is 4.56. The highest BCUT2D eigenvalue weighted by atomic mass is 19.4. The molecule has 1 aliphatic carbocycles. The summed E-state index contributed by atoms with van der Waals surface area (Å²) in [7, 11) is 0. The molecule has 0 aromatic heterocycles. The van der Waals surface area contributed by atoms with E-state index in [1.807, 2.05) is 0 Å². The van der Waals surface area contributed by atoms with Gasteiger partial charge in [-0.1, -0.05) is 42.5 Å². The minimum Gasteiger partial charge on any atom is -0.170 e. The molecule has 1 atom stereocenters. The minimum atomic E-state index is -4.66. The van der Waals surface area contributed by atoms with Crippen molar-refractivity contribution in [3.05, 3.63) is 70.8 Å². The molecule has 6 heteroatoms. The second-order valence-electron chi connectivity index (χ2n) is 6.36. The average Bonchev–Trinajstić information content (AvgIpc) is 3.36. The van der Waals surface area contributed by atoms with Crippen LogP contribution in [0.1, 0.15) is 46.9 Å². The molecule has 0 saturated heterocycles. The maximum absolute atomic E-state index is 13.7. The maximum Gasteiger partial charge on any atom is 0.416 e. The summed E-state index contributed by atoms with van der Waals surface area (Å²) < 4.78 is 81.1. The van der Waals surface area contributed by atoms with Gasteiger partial charge in [-0.3, -0.25) is 0 Å². The first-order valence-electron chi connectivity index (χ1n) is 7.98. The Labute approximate surface area is 141 Å². The monoisotopic (exact) mass is 358 g/mol. The zero-order valence-electron chi connectivity index (χ0n) is 13.2. The van der Waals surface area contributed by atoms with Crippen molar-refractivity contribution in [1.82, 2.24) is 0 Å². The van der Waals surface area contributed by atoms with E-state index in [2.05, 4.69) is 0 Å². The summed E-state index contributed by atoms with van der Waals surface area (Å²) in [6, 6.07) is 11.2. The van der Waals surface area contributed by atoms with Gasteiger partial charge in [-0.25, -0.2) is 0 Å². The quantitative estimate of drug-likeness (QED) is 0.549. The van der Waals surface area contributed by atoms with Gasteiger partial charge in [0.1, 0.15) is 0 Å². The molecule has 25 heavy (non-hydrogen) atoms. The van der Waals surface area contributed by atoms with Gasteiger partial charge in [0.15, 0.2) is 0 Å². The largest absolute Gasteiger partial charge is 0.416 e. The molecule has 2 aromatic carbocycles. The van der Waals surface area contributed by atoms with Gasteiger partial charge >= 0.3 is 12.4 Å². The lowest BCUT2D eigenvalue weighted by atomic mass is 9.84. The average molecular weight is 358 g/mol. The molecule has 0 bridgehead atoms. The van der Waals surface area contributed by atoms with Crippen molar-refractivity contribution in [3.8, 4) is 0 Å². The number of benzene rings is 2. The zero-order chi connectivity index (χ0) is 18.2. The Balaban J connectivity index is 2.10. The fourth-order valence-electron chi connectivity index (χ4n) is 3.21. The van der Waals surface area contributed by atoms with E-state index in [1.54, 1.807) is 30.3 Å². The van der Waals surface area contributed by atoms with E-state index in [0.29, 0.717) is 18.4 Å². The molecule has 0 N–H and O–H groups in total. The molecule has 0 heterocycles. The van der Waals surface area contributed by atoms with E-state index < -0.39 is 29.8 Å². The van der Waals surface area contributed by atoms with E-state index >= 15 is 0 Å². The predicted molar refractivity (Wildman–Crippen MR) is 82.4 cm³/mol. The smallest absolute Gasteiger partial charge is 0.170 e. The van der Waals surface area contributed by atoms with E-state index in [0.717, 1.165) is 12.1 Å². The molecule has 1 saturated carbocycles. The molecule has 134 valence electrons. The Hall–Kier alpha value is -1.98. The van der Waals surface area contributed by atoms with Crippen molar-refractivity contribution in [2.24, 2.45) is 0 Å². The van der Waals surface area contributed by atoms with E-state index in [9.17, 15) is 26.3 Å². The van der Waals surface area contributed by atoms with Gasteiger partial charge in [0.2, 0.25) is 0 Å². The third kappa shape index (κ3) is 3.99. The highest BCUT2D eigenvalue weighted by Gasteiger charge is 2.46. The molecule has 1 aliphatic rings. The van der Waals surface area contributed by atoms with Gasteiger partial charge in [-0.05, 0) is 47.9 Å². The van der Waals surface area contributed by atoms with Crippen molar-refractivity contribution in [2.45, 2.75) is 43.5 Å². The van der Waals surface area contributed by atoms with Crippen LogP contribution >= 0.6 is 0 Å². The zero-order valence-corrected chi connectivity index (χ0v) is 13.2. The van der Waals surface area contributed by atoms with Crippen LogP contribution in [0.3, 0.4) is 0 Å². The fourth-order valence-corrected chi connectivity index (χ4v) is 3.21. The van der Waals surface area contributed by atoms with E-state index in [1.165, 1.54) is 6.07 Å². The lowest BCUT2D eigenvalue weighted by Gasteiger charge is -2.25. The van der Waals surface area contributed by atoms with E-state index in [-0.39, 0.29) is 17.5 Å². The number of rotatable bonds is 4. The molecule has 0 spiro atoms. The number of alkyl halides is 6. The standard InChI is InChI=1S/C19H16F6/c20-18(21,22)15-8-4-7-14(17(15)13-9-10-13)16(19(23,24)25)11-12-5-2-1-3-6-12/h1-8,13,16H,9-11H2. The summed E-state index contributed by atoms with van der Waals surface area (Å²) in [6.07, 6.45) is -8.65. The first-order chi connectivity index (χ1) is 11.7.